The van der Waals surface area contributed by atoms with Crippen molar-refractivity contribution in [2.24, 2.45) is 0 Å². The molecule has 1 aromatic carbocycles. The van der Waals surface area contributed by atoms with Gasteiger partial charge < -0.3 is 9.72 Å². The summed E-state index contributed by atoms with van der Waals surface area (Å²) >= 11 is 5.26. The third-order valence-electron chi connectivity index (χ3n) is 3.32. The van der Waals surface area contributed by atoms with Crippen molar-refractivity contribution >= 4 is 40.9 Å². The molecule has 24 heavy (non-hydrogen) atoms. The van der Waals surface area contributed by atoms with E-state index in [0.29, 0.717) is 27.9 Å². The molecule has 0 bridgehead atoms. The molecule has 0 aliphatic carbocycles. The molecule has 1 heterocycles. The second-order valence-corrected chi connectivity index (χ2v) is 7.01. The highest BCUT2D eigenvalue weighted by Gasteiger charge is 2.17. The van der Waals surface area contributed by atoms with Crippen LogP contribution in [0.2, 0.25) is 0 Å². The van der Waals surface area contributed by atoms with Gasteiger partial charge in [0, 0.05) is 12.1 Å². The second kappa shape index (κ2) is 7.17. The Kier molecular flexibility index (Phi) is 5.43. The molecule has 2 aromatic rings. The van der Waals surface area contributed by atoms with E-state index in [1.54, 1.807) is 39.0 Å². The summed E-state index contributed by atoms with van der Waals surface area (Å²) in [6, 6.07) is 5.22. The fourth-order valence-electron chi connectivity index (χ4n) is 2.30. The summed E-state index contributed by atoms with van der Waals surface area (Å²) in [5.41, 5.74) is 1.40. The minimum atomic E-state index is -0.566. The van der Waals surface area contributed by atoms with Crippen LogP contribution in [-0.2, 0) is 4.74 Å². The van der Waals surface area contributed by atoms with Crippen molar-refractivity contribution in [3.63, 3.8) is 0 Å². The van der Waals surface area contributed by atoms with Crippen LogP contribution in [0.15, 0.2) is 18.2 Å². The largest absolute Gasteiger partial charge is 0.444 e. The topological polar surface area (TPSA) is 76.1 Å². The molecule has 0 spiro atoms. The normalized spacial score (nSPS) is 11.5. The van der Waals surface area contributed by atoms with E-state index in [0.717, 1.165) is 12.8 Å². The Morgan fingerprint density at radius 1 is 1.33 bits per heavy atom. The molecule has 130 valence electrons. The average Bonchev–Trinajstić information content (AvgIpc) is 2.77. The van der Waals surface area contributed by atoms with E-state index in [4.69, 9.17) is 17.0 Å². The summed E-state index contributed by atoms with van der Waals surface area (Å²) in [5.74, 6) is -0.0269. The lowest BCUT2D eigenvalue weighted by atomic mass is 10.2. The Hall–Kier alpha value is -2.15. The number of fused-ring (bicyclic) bond motifs is 1. The van der Waals surface area contributed by atoms with Gasteiger partial charge in [-0.3, -0.25) is 14.7 Å². The Bertz CT molecular complexity index is 815. The van der Waals surface area contributed by atoms with Crippen LogP contribution in [0.25, 0.3) is 11.0 Å². The third-order valence-corrected chi connectivity index (χ3v) is 3.61. The van der Waals surface area contributed by atoms with Crippen LogP contribution in [0.1, 0.15) is 51.8 Å². The SMILES string of the molecule is CCCCC(=O)n1c(=S)[nH]c2cc(NC(=O)OC(C)(C)C)ccc21. The van der Waals surface area contributed by atoms with Gasteiger partial charge in [0.25, 0.3) is 0 Å². The first-order chi connectivity index (χ1) is 11.2. The quantitative estimate of drug-likeness (QED) is 0.772. The van der Waals surface area contributed by atoms with Crippen LogP contribution in [0.4, 0.5) is 10.5 Å². The Morgan fingerprint density at radius 3 is 2.67 bits per heavy atom. The van der Waals surface area contributed by atoms with Crippen molar-refractivity contribution < 1.29 is 14.3 Å². The molecule has 0 aliphatic heterocycles. The second-order valence-electron chi connectivity index (χ2n) is 6.62. The van der Waals surface area contributed by atoms with Crippen LogP contribution in [-0.4, -0.2) is 27.2 Å². The third kappa shape index (κ3) is 4.44. The molecule has 0 aliphatic rings. The maximum Gasteiger partial charge on any atom is 0.412 e. The number of anilines is 1. The van der Waals surface area contributed by atoms with E-state index in [1.807, 2.05) is 6.92 Å². The predicted octanol–water partition coefficient (Wildman–Crippen LogP) is 4.88. The smallest absolute Gasteiger partial charge is 0.412 e. The first-order valence-electron chi connectivity index (χ1n) is 7.99. The fraction of sp³-hybridized carbons (Fsp3) is 0.471. The van der Waals surface area contributed by atoms with E-state index in [2.05, 4.69) is 10.3 Å². The van der Waals surface area contributed by atoms with Crippen LogP contribution in [0.5, 0.6) is 0 Å². The number of aromatic nitrogens is 2. The molecule has 7 heteroatoms. The summed E-state index contributed by atoms with van der Waals surface area (Å²) in [4.78, 5) is 27.2. The Balaban J connectivity index is 2.25. The average molecular weight is 349 g/mol. The summed E-state index contributed by atoms with van der Waals surface area (Å²) < 4.78 is 7.10. The number of imidazole rings is 1. The number of nitrogens with one attached hydrogen (secondary N) is 2. The van der Waals surface area contributed by atoms with Crippen LogP contribution < -0.4 is 5.32 Å². The van der Waals surface area contributed by atoms with Crippen molar-refractivity contribution in [2.75, 3.05) is 5.32 Å². The Labute approximate surface area is 146 Å². The summed E-state index contributed by atoms with van der Waals surface area (Å²) in [5, 5.41) is 2.67. The maximum atomic E-state index is 12.3. The molecule has 0 radical (unpaired) electrons. The molecule has 1 aromatic heterocycles. The van der Waals surface area contributed by atoms with Gasteiger partial charge in [0.2, 0.25) is 5.91 Å². The van der Waals surface area contributed by atoms with Gasteiger partial charge in [-0.1, -0.05) is 13.3 Å². The molecule has 0 fully saturated rings. The number of H-pyrrole nitrogens is 1. The predicted molar refractivity (Wildman–Crippen MR) is 97.1 cm³/mol. The summed E-state index contributed by atoms with van der Waals surface area (Å²) in [6.45, 7) is 7.44. The molecular weight excluding hydrogens is 326 g/mol. The van der Waals surface area contributed by atoms with Crippen molar-refractivity contribution in [1.82, 2.24) is 9.55 Å². The lowest BCUT2D eigenvalue weighted by Crippen LogP contribution is -2.27. The molecular formula is C17H23N3O3S. The number of rotatable bonds is 4. The number of carbonyl (C=O) groups is 2. The van der Waals surface area contributed by atoms with Crippen LogP contribution >= 0.6 is 12.2 Å². The van der Waals surface area contributed by atoms with Gasteiger partial charge in [-0.25, -0.2) is 4.79 Å². The number of hydrogen-bond donors (Lipinski definition) is 2. The van der Waals surface area contributed by atoms with Crippen molar-refractivity contribution in [2.45, 2.75) is 52.6 Å². The number of benzene rings is 1. The minimum absolute atomic E-state index is 0.0269. The standard InChI is InChI=1S/C17H23N3O3S/c1-5-6-7-14(21)20-13-9-8-11(10-12(13)19-15(20)24)18-16(22)23-17(2,3)4/h8-10H,5-7H2,1-4H3,(H,18,22)(H,19,24). The van der Waals surface area contributed by atoms with E-state index >= 15 is 0 Å². The van der Waals surface area contributed by atoms with Gasteiger partial charge in [0.1, 0.15) is 5.60 Å². The zero-order valence-electron chi connectivity index (χ0n) is 14.4. The highest BCUT2D eigenvalue weighted by molar-refractivity contribution is 7.71. The first kappa shape index (κ1) is 18.2. The summed E-state index contributed by atoms with van der Waals surface area (Å²) in [7, 11) is 0. The highest BCUT2D eigenvalue weighted by Crippen LogP contribution is 2.21. The van der Waals surface area contributed by atoms with E-state index in [1.165, 1.54) is 4.57 Å². The molecule has 2 rings (SSSR count). The molecule has 2 N–H and O–H groups in total. The van der Waals surface area contributed by atoms with E-state index < -0.39 is 11.7 Å². The van der Waals surface area contributed by atoms with Gasteiger partial charge in [-0.15, -0.1) is 0 Å². The number of aromatic amines is 1. The van der Waals surface area contributed by atoms with Gasteiger partial charge in [0.15, 0.2) is 4.77 Å². The highest BCUT2D eigenvalue weighted by atomic mass is 32.1. The molecule has 0 saturated heterocycles. The van der Waals surface area contributed by atoms with Gasteiger partial charge in [-0.05, 0) is 57.6 Å². The van der Waals surface area contributed by atoms with Crippen molar-refractivity contribution in [3.8, 4) is 0 Å². The lowest BCUT2D eigenvalue weighted by Gasteiger charge is -2.19. The molecule has 0 atom stereocenters. The van der Waals surface area contributed by atoms with Crippen LogP contribution in [0.3, 0.4) is 0 Å². The zero-order chi connectivity index (χ0) is 17.9. The molecule has 1 amide bonds. The number of unbranched alkanes of at least 4 members (excludes halogenated alkanes) is 1. The lowest BCUT2D eigenvalue weighted by molar-refractivity contribution is 0.0635. The number of ether oxygens (including phenoxy) is 1. The number of amides is 1. The minimum Gasteiger partial charge on any atom is -0.444 e. The van der Waals surface area contributed by atoms with Crippen LogP contribution in [0, 0.1) is 4.77 Å². The van der Waals surface area contributed by atoms with E-state index in [-0.39, 0.29) is 5.91 Å². The molecule has 0 unspecified atom stereocenters. The van der Waals surface area contributed by atoms with Gasteiger partial charge in [0.05, 0.1) is 11.0 Å². The zero-order valence-corrected chi connectivity index (χ0v) is 15.3. The monoisotopic (exact) mass is 349 g/mol. The maximum absolute atomic E-state index is 12.3. The van der Waals surface area contributed by atoms with E-state index in [9.17, 15) is 9.59 Å². The summed E-state index contributed by atoms with van der Waals surface area (Å²) in [6.07, 6.45) is 1.70. The number of hydrogen-bond acceptors (Lipinski definition) is 4. The van der Waals surface area contributed by atoms with Crippen molar-refractivity contribution in [1.29, 1.82) is 0 Å². The number of carbonyl (C=O) groups excluding carboxylic acids is 2. The van der Waals surface area contributed by atoms with Gasteiger partial charge in [-0.2, -0.15) is 0 Å². The molecule has 0 saturated carbocycles. The van der Waals surface area contributed by atoms with Crippen molar-refractivity contribution in [3.05, 3.63) is 23.0 Å². The fourth-order valence-corrected chi connectivity index (χ4v) is 2.61. The van der Waals surface area contributed by atoms with Gasteiger partial charge >= 0.3 is 6.09 Å². The molecule has 6 nitrogen and oxygen atoms in total. The Morgan fingerprint density at radius 2 is 2.04 bits per heavy atom. The number of nitrogens with zero attached hydrogens (tertiary/aromatic N) is 1. The first-order valence-corrected chi connectivity index (χ1v) is 8.40.